The van der Waals surface area contributed by atoms with Crippen LogP contribution in [-0.4, -0.2) is 36.6 Å². The van der Waals surface area contributed by atoms with Crippen LogP contribution in [0.4, 0.5) is 0 Å². The lowest BCUT2D eigenvalue weighted by atomic mass is 10.2. The number of hydrogen-bond donors (Lipinski definition) is 2. The maximum atomic E-state index is 8.09. The summed E-state index contributed by atoms with van der Waals surface area (Å²) in [6.45, 7) is 2.78. The van der Waals surface area contributed by atoms with Crippen molar-refractivity contribution in [3.8, 4) is 0 Å². The molecule has 1 rings (SSSR count). The molecule has 1 aromatic rings. The van der Waals surface area contributed by atoms with Crippen LogP contribution in [0.15, 0.2) is 30.3 Å². The van der Waals surface area contributed by atoms with Gasteiger partial charge in [0.15, 0.2) is 0 Å². The van der Waals surface area contributed by atoms with Crippen LogP contribution >= 0.6 is 0 Å². The quantitative estimate of drug-likeness (QED) is 0.709. The summed E-state index contributed by atoms with van der Waals surface area (Å²) in [5.74, 6) is 0. The van der Waals surface area contributed by atoms with E-state index in [1.807, 2.05) is 18.2 Å². The van der Waals surface area contributed by atoms with E-state index in [0.29, 0.717) is 13.2 Å². The third-order valence-electron chi connectivity index (χ3n) is 1.41. The van der Waals surface area contributed by atoms with E-state index in [-0.39, 0.29) is 13.2 Å². The van der Waals surface area contributed by atoms with Crippen LogP contribution in [-0.2, 0) is 4.74 Å². The Morgan fingerprint density at radius 3 is 1.79 bits per heavy atom. The fourth-order valence-electron chi connectivity index (χ4n) is 0.766. The van der Waals surface area contributed by atoms with E-state index >= 15 is 0 Å². The van der Waals surface area contributed by atoms with Crippen molar-refractivity contribution in [2.75, 3.05) is 26.4 Å². The first-order chi connectivity index (χ1) is 6.81. The molecule has 0 heterocycles. The summed E-state index contributed by atoms with van der Waals surface area (Å²) in [6, 6.07) is 10.3. The standard InChI is InChI=1S/C7H8.C4H10O3/c1-7-5-3-2-4-6-7;5-1-3-7-4-2-6/h2-6H,1H3;5-6H,1-4H2. The molecule has 14 heavy (non-hydrogen) atoms. The molecule has 3 heteroatoms. The summed E-state index contributed by atoms with van der Waals surface area (Å²) in [5, 5.41) is 16.2. The number of aliphatic hydroxyl groups is 2. The van der Waals surface area contributed by atoms with Crippen LogP contribution < -0.4 is 0 Å². The van der Waals surface area contributed by atoms with E-state index in [4.69, 9.17) is 10.2 Å². The molecule has 0 bridgehead atoms. The molecule has 1 aromatic carbocycles. The average Bonchev–Trinajstić information content (AvgIpc) is 2.21. The van der Waals surface area contributed by atoms with Gasteiger partial charge in [-0.3, -0.25) is 0 Å². The lowest BCUT2D eigenvalue weighted by Gasteiger charge is -1.94. The van der Waals surface area contributed by atoms with Crippen LogP contribution in [0, 0.1) is 6.92 Å². The van der Waals surface area contributed by atoms with Crippen molar-refractivity contribution in [1.82, 2.24) is 0 Å². The van der Waals surface area contributed by atoms with Gasteiger partial charge in [-0.2, -0.15) is 0 Å². The van der Waals surface area contributed by atoms with E-state index < -0.39 is 0 Å². The maximum Gasteiger partial charge on any atom is 0.0698 e. The Balaban J connectivity index is 0.000000241. The predicted molar refractivity (Wildman–Crippen MR) is 56.2 cm³/mol. The molecular weight excluding hydrogens is 180 g/mol. The van der Waals surface area contributed by atoms with Gasteiger partial charge in [0, 0.05) is 0 Å². The molecule has 80 valence electrons. The van der Waals surface area contributed by atoms with Gasteiger partial charge in [0.25, 0.3) is 0 Å². The van der Waals surface area contributed by atoms with Crippen molar-refractivity contribution < 1.29 is 14.9 Å². The lowest BCUT2D eigenvalue weighted by molar-refractivity contribution is 0.0650. The Morgan fingerprint density at radius 1 is 1.00 bits per heavy atom. The molecule has 0 atom stereocenters. The van der Waals surface area contributed by atoms with E-state index in [0.717, 1.165) is 0 Å². The van der Waals surface area contributed by atoms with Crippen molar-refractivity contribution >= 4 is 0 Å². The molecule has 0 spiro atoms. The second-order valence-electron chi connectivity index (χ2n) is 2.71. The third-order valence-corrected chi connectivity index (χ3v) is 1.41. The molecule has 3 nitrogen and oxygen atoms in total. The summed E-state index contributed by atoms with van der Waals surface area (Å²) >= 11 is 0. The van der Waals surface area contributed by atoms with Gasteiger partial charge in [-0.05, 0) is 6.92 Å². The minimum Gasteiger partial charge on any atom is -0.394 e. The maximum absolute atomic E-state index is 8.09. The summed E-state index contributed by atoms with van der Waals surface area (Å²) in [7, 11) is 0. The summed E-state index contributed by atoms with van der Waals surface area (Å²) in [5.41, 5.74) is 1.32. The first kappa shape index (κ1) is 13.1. The second kappa shape index (κ2) is 10.2. The Bertz CT molecular complexity index is 195. The molecule has 0 radical (unpaired) electrons. The van der Waals surface area contributed by atoms with E-state index in [9.17, 15) is 0 Å². The van der Waals surface area contributed by atoms with E-state index in [1.165, 1.54) is 5.56 Å². The molecule has 2 N–H and O–H groups in total. The van der Waals surface area contributed by atoms with Gasteiger partial charge in [-0.25, -0.2) is 0 Å². The minimum atomic E-state index is 0.0278. The molecule has 0 aliphatic rings. The molecule has 0 amide bonds. The van der Waals surface area contributed by atoms with Crippen molar-refractivity contribution in [2.45, 2.75) is 6.92 Å². The smallest absolute Gasteiger partial charge is 0.0698 e. The normalized spacial score (nSPS) is 9.07. The molecule has 0 aliphatic heterocycles. The molecule has 0 aromatic heterocycles. The van der Waals surface area contributed by atoms with Gasteiger partial charge in [-0.15, -0.1) is 0 Å². The number of ether oxygens (including phenoxy) is 1. The number of hydrogen-bond acceptors (Lipinski definition) is 3. The summed E-state index contributed by atoms with van der Waals surface area (Å²) in [4.78, 5) is 0. The number of aliphatic hydroxyl groups excluding tert-OH is 2. The Kier molecular flexibility index (Phi) is 9.53. The Morgan fingerprint density at radius 2 is 1.50 bits per heavy atom. The van der Waals surface area contributed by atoms with Gasteiger partial charge in [0.1, 0.15) is 0 Å². The highest BCUT2D eigenvalue weighted by atomic mass is 16.5. The van der Waals surface area contributed by atoms with Crippen molar-refractivity contribution in [3.63, 3.8) is 0 Å². The van der Waals surface area contributed by atoms with Crippen LogP contribution in [0.3, 0.4) is 0 Å². The van der Waals surface area contributed by atoms with Crippen molar-refractivity contribution in [2.24, 2.45) is 0 Å². The first-order valence-corrected chi connectivity index (χ1v) is 4.62. The topological polar surface area (TPSA) is 49.7 Å². The Hall–Kier alpha value is -0.900. The first-order valence-electron chi connectivity index (χ1n) is 4.62. The van der Waals surface area contributed by atoms with Gasteiger partial charge in [0.2, 0.25) is 0 Å². The van der Waals surface area contributed by atoms with Gasteiger partial charge in [0.05, 0.1) is 26.4 Å². The highest BCUT2D eigenvalue weighted by molar-refractivity contribution is 5.11. The van der Waals surface area contributed by atoms with E-state index in [1.54, 1.807) is 0 Å². The number of aryl methyl sites for hydroxylation is 1. The molecule has 0 aliphatic carbocycles. The molecule has 0 saturated carbocycles. The second-order valence-corrected chi connectivity index (χ2v) is 2.71. The Labute approximate surface area is 85.0 Å². The minimum absolute atomic E-state index is 0.0278. The zero-order chi connectivity index (χ0) is 10.6. The highest BCUT2D eigenvalue weighted by Crippen LogP contribution is 1.92. The zero-order valence-electron chi connectivity index (χ0n) is 8.52. The van der Waals surface area contributed by atoms with Crippen LogP contribution in [0.5, 0.6) is 0 Å². The average molecular weight is 198 g/mol. The van der Waals surface area contributed by atoms with Gasteiger partial charge in [-0.1, -0.05) is 35.9 Å². The lowest BCUT2D eigenvalue weighted by Crippen LogP contribution is -2.03. The molecule has 0 unspecified atom stereocenters. The molecular formula is C11H18O3. The van der Waals surface area contributed by atoms with Gasteiger partial charge < -0.3 is 14.9 Å². The van der Waals surface area contributed by atoms with Gasteiger partial charge >= 0.3 is 0 Å². The molecule has 0 fully saturated rings. The van der Waals surface area contributed by atoms with Crippen molar-refractivity contribution in [3.05, 3.63) is 35.9 Å². The van der Waals surface area contributed by atoms with E-state index in [2.05, 4.69) is 23.8 Å². The SMILES string of the molecule is Cc1ccccc1.OCCOCCO. The summed E-state index contributed by atoms with van der Waals surface area (Å²) < 4.78 is 4.63. The van der Waals surface area contributed by atoms with Crippen molar-refractivity contribution in [1.29, 1.82) is 0 Å². The number of rotatable bonds is 4. The van der Waals surface area contributed by atoms with Crippen LogP contribution in [0.25, 0.3) is 0 Å². The number of benzene rings is 1. The van der Waals surface area contributed by atoms with Crippen LogP contribution in [0.1, 0.15) is 5.56 Å². The summed E-state index contributed by atoms with van der Waals surface area (Å²) in [6.07, 6.45) is 0. The molecule has 0 saturated heterocycles. The fraction of sp³-hybridized carbons (Fsp3) is 0.455. The predicted octanol–water partition coefficient (Wildman–Crippen LogP) is 0.983. The monoisotopic (exact) mass is 198 g/mol. The highest BCUT2D eigenvalue weighted by Gasteiger charge is 1.79. The van der Waals surface area contributed by atoms with Crippen LogP contribution in [0.2, 0.25) is 0 Å². The fourth-order valence-corrected chi connectivity index (χ4v) is 0.766. The largest absolute Gasteiger partial charge is 0.394 e. The zero-order valence-corrected chi connectivity index (χ0v) is 8.52. The third kappa shape index (κ3) is 9.19.